The summed E-state index contributed by atoms with van der Waals surface area (Å²) in [5.41, 5.74) is 6.92. The highest BCUT2D eigenvalue weighted by Crippen LogP contribution is 2.37. The van der Waals surface area contributed by atoms with Gasteiger partial charge in [-0.15, -0.1) is 0 Å². The second-order valence-corrected chi connectivity index (χ2v) is 12.5. The zero-order valence-electron chi connectivity index (χ0n) is 22.1. The van der Waals surface area contributed by atoms with E-state index in [-0.39, 0.29) is 18.0 Å². The molecule has 1 fully saturated rings. The molecule has 1 aromatic heterocycles. The number of hydrogen-bond acceptors (Lipinski definition) is 7. The van der Waals surface area contributed by atoms with Crippen LogP contribution in [-0.4, -0.2) is 64.0 Å². The van der Waals surface area contributed by atoms with E-state index in [9.17, 15) is 13.2 Å². The Morgan fingerprint density at radius 2 is 1.95 bits per heavy atom. The summed E-state index contributed by atoms with van der Waals surface area (Å²) in [6.45, 7) is 5.91. The van der Waals surface area contributed by atoms with E-state index >= 15 is 4.39 Å². The summed E-state index contributed by atoms with van der Waals surface area (Å²) in [5.74, 6) is -0.923. The van der Waals surface area contributed by atoms with Gasteiger partial charge in [0.05, 0.1) is 23.5 Å². The van der Waals surface area contributed by atoms with Gasteiger partial charge in [-0.3, -0.25) is 9.10 Å². The Hall–Kier alpha value is -2.76. The van der Waals surface area contributed by atoms with Crippen molar-refractivity contribution >= 4 is 27.6 Å². The topological polar surface area (TPSA) is 127 Å². The van der Waals surface area contributed by atoms with Gasteiger partial charge in [-0.1, -0.05) is 37.3 Å². The smallest absolute Gasteiger partial charge is 0.254 e. The van der Waals surface area contributed by atoms with E-state index in [1.54, 1.807) is 0 Å². The lowest BCUT2D eigenvalue weighted by Crippen LogP contribution is -2.51. The number of nitrogens with zero attached hydrogens (tertiary/aromatic N) is 2. The number of amides is 1. The number of carbonyl (C=O) groups excluding carboxylic acids is 1. The zero-order valence-corrected chi connectivity index (χ0v) is 22.9. The van der Waals surface area contributed by atoms with Gasteiger partial charge in [-0.05, 0) is 50.2 Å². The Morgan fingerprint density at radius 1 is 1.30 bits per heavy atom. The third-order valence-corrected chi connectivity index (χ3v) is 8.90. The summed E-state index contributed by atoms with van der Waals surface area (Å²) in [7, 11) is -1.14. The predicted molar refractivity (Wildman–Crippen MR) is 144 cm³/mol. The van der Waals surface area contributed by atoms with Crippen molar-refractivity contribution in [2.75, 3.05) is 36.9 Å². The Morgan fingerprint density at radius 3 is 2.51 bits per heavy atom. The maximum atomic E-state index is 15.7. The van der Waals surface area contributed by atoms with Gasteiger partial charge >= 0.3 is 0 Å². The van der Waals surface area contributed by atoms with Crippen LogP contribution in [0.3, 0.4) is 0 Å². The van der Waals surface area contributed by atoms with Crippen molar-refractivity contribution in [3.05, 3.63) is 53.3 Å². The number of hydrogen-bond donors (Lipinski definition) is 3. The summed E-state index contributed by atoms with van der Waals surface area (Å²) in [5, 5.41) is 5.18. The molecule has 0 radical (unpaired) electrons. The second-order valence-electron chi connectivity index (χ2n) is 10.00. The van der Waals surface area contributed by atoms with Crippen molar-refractivity contribution in [3.63, 3.8) is 0 Å². The van der Waals surface area contributed by atoms with Gasteiger partial charge in [0.2, 0.25) is 10.0 Å². The van der Waals surface area contributed by atoms with Gasteiger partial charge in [-0.25, -0.2) is 17.8 Å². The Bertz CT molecular complexity index is 1180. The van der Waals surface area contributed by atoms with Crippen LogP contribution in [0.1, 0.15) is 43.1 Å². The molecule has 9 nitrogen and oxygen atoms in total. The molecule has 2 aromatic rings. The molecule has 0 unspecified atom stereocenters. The molecule has 0 saturated heterocycles. The van der Waals surface area contributed by atoms with Crippen LogP contribution < -0.4 is 20.7 Å². The molecule has 0 spiro atoms. The van der Waals surface area contributed by atoms with Gasteiger partial charge in [0.1, 0.15) is 5.82 Å². The molecular weight excluding hydrogens is 497 g/mol. The first-order valence-electron chi connectivity index (χ1n) is 12.5. The van der Waals surface area contributed by atoms with E-state index in [4.69, 9.17) is 10.5 Å². The van der Waals surface area contributed by atoms with Crippen LogP contribution in [0.2, 0.25) is 0 Å². The number of carbonyl (C=O) groups is 1. The Kier molecular flexibility index (Phi) is 9.49. The Balaban J connectivity index is 1.95. The largest absolute Gasteiger partial charge is 0.383 e. The molecule has 37 heavy (non-hydrogen) atoms. The van der Waals surface area contributed by atoms with E-state index in [1.807, 2.05) is 30.3 Å². The summed E-state index contributed by atoms with van der Waals surface area (Å²) in [4.78, 5) is 17.7. The quantitative estimate of drug-likeness (QED) is 0.360. The van der Waals surface area contributed by atoms with Crippen LogP contribution in [-0.2, 0) is 21.2 Å². The third-order valence-electron chi connectivity index (χ3n) is 6.77. The van der Waals surface area contributed by atoms with Crippen molar-refractivity contribution in [3.8, 4) is 0 Å². The number of sulfonamides is 1. The number of halogens is 1. The number of nitrogens with one attached hydrogen (secondary N) is 2. The molecular formula is C26H38FN5O4S. The van der Waals surface area contributed by atoms with Gasteiger partial charge in [0, 0.05) is 26.7 Å². The number of aromatic nitrogens is 1. The average Bonchev–Trinajstić information content (AvgIpc) is 3.57. The van der Waals surface area contributed by atoms with Crippen LogP contribution in [0.4, 0.5) is 16.0 Å². The van der Waals surface area contributed by atoms with E-state index < -0.39 is 44.9 Å². The highest BCUT2D eigenvalue weighted by molar-refractivity contribution is 7.93. The minimum atomic E-state index is -3.89. The normalized spacial score (nSPS) is 18.8. The van der Waals surface area contributed by atoms with Crippen molar-refractivity contribution < 1.29 is 22.3 Å². The lowest BCUT2D eigenvalue weighted by molar-refractivity contribution is 0.0909. The number of anilines is 2. The fourth-order valence-electron chi connectivity index (χ4n) is 4.07. The van der Waals surface area contributed by atoms with Crippen LogP contribution in [0.25, 0.3) is 0 Å². The first-order valence-corrected chi connectivity index (χ1v) is 14.0. The molecule has 1 heterocycles. The number of methoxy groups -OCH3 is 1. The average molecular weight is 536 g/mol. The maximum Gasteiger partial charge on any atom is 0.254 e. The van der Waals surface area contributed by atoms with Crippen LogP contribution >= 0.6 is 0 Å². The van der Waals surface area contributed by atoms with E-state index in [0.717, 1.165) is 16.3 Å². The van der Waals surface area contributed by atoms with Crippen LogP contribution in [0.5, 0.6) is 0 Å². The number of benzene rings is 1. The highest BCUT2D eigenvalue weighted by atomic mass is 32.2. The third kappa shape index (κ3) is 7.18. The van der Waals surface area contributed by atoms with Crippen molar-refractivity contribution in [2.45, 2.75) is 50.9 Å². The van der Waals surface area contributed by atoms with E-state index in [0.29, 0.717) is 24.8 Å². The molecule has 0 bridgehead atoms. The lowest BCUT2D eigenvalue weighted by Gasteiger charge is -2.26. The van der Waals surface area contributed by atoms with Gasteiger partial charge in [0.15, 0.2) is 11.6 Å². The number of ether oxygens (including phenoxy) is 1. The molecule has 1 aliphatic rings. The van der Waals surface area contributed by atoms with E-state index in [2.05, 4.69) is 22.5 Å². The molecule has 1 aromatic carbocycles. The summed E-state index contributed by atoms with van der Waals surface area (Å²) in [6, 6.07) is 9.68. The molecule has 4 N–H and O–H groups in total. The summed E-state index contributed by atoms with van der Waals surface area (Å²) < 4.78 is 47.3. The minimum absolute atomic E-state index is 0.184. The van der Waals surface area contributed by atoms with Crippen molar-refractivity contribution in [2.24, 2.45) is 17.6 Å². The summed E-state index contributed by atoms with van der Waals surface area (Å²) in [6.07, 6.45) is 1.47. The van der Waals surface area contributed by atoms with E-state index in [1.165, 1.54) is 34.1 Å². The number of nitrogens with two attached hydrogens (primary N) is 1. The molecule has 3 rings (SSSR count). The first-order chi connectivity index (χ1) is 17.4. The molecule has 204 valence electrons. The monoisotopic (exact) mass is 535 g/mol. The fourth-order valence-corrected chi connectivity index (χ4v) is 5.06. The fraction of sp³-hybridized carbons (Fsp3) is 0.538. The van der Waals surface area contributed by atoms with Gasteiger partial charge in [-0.2, -0.15) is 0 Å². The summed E-state index contributed by atoms with van der Waals surface area (Å²) >= 11 is 0. The highest BCUT2D eigenvalue weighted by Gasteiger charge is 2.33. The van der Waals surface area contributed by atoms with Crippen molar-refractivity contribution in [1.29, 1.82) is 0 Å². The minimum Gasteiger partial charge on any atom is -0.383 e. The van der Waals surface area contributed by atoms with Gasteiger partial charge in [0.25, 0.3) is 5.91 Å². The standard InChI is InChI=1S/C26H38FN5O4S/c1-16(2)37(34,35)32(4)25-24(27)20(13-23(31-25)29-14-19-11-17(19)3)26(33)30-22(21(28)15-36-5)12-18-9-7-6-8-10-18/h6-10,13,16-17,19,21-22H,11-12,14-15,28H2,1-5H3,(H,29,31)(H,30,33)/t17-,19+,21-,22-/m0/s1. The molecule has 0 aliphatic heterocycles. The lowest BCUT2D eigenvalue weighted by atomic mass is 9.99. The molecule has 1 amide bonds. The Labute approximate surface area is 219 Å². The number of rotatable bonds is 13. The molecule has 1 aliphatic carbocycles. The first kappa shape index (κ1) is 28.8. The molecule has 1 saturated carbocycles. The molecule has 4 atom stereocenters. The predicted octanol–water partition coefficient (Wildman–Crippen LogP) is 2.78. The number of pyridine rings is 1. The van der Waals surface area contributed by atoms with Gasteiger partial charge < -0.3 is 21.1 Å². The van der Waals surface area contributed by atoms with Crippen LogP contribution in [0.15, 0.2) is 36.4 Å². The van der Waals surface area contributed by atoms with Crippen molar-refractivity contribution in [1.82, 2.24) is 10.3 Å². The zero-order chi connectivity index (χ0) is 27.3. The SMILES string of the molecule is COC[C@H](N)[C@H](Cc1ccccc1)NC(=O)c1cc(NC[C@H]2C[C@@H]2C)nc(N(C)S(=O)(=O)C(C)C)c1F. The van der Waals surface area contributed by atoms with Crippen LogP contribution in [0, 0.1) is 17.7 Å². The maximum absolute atomic E-state index is 15.7. The molecule has 11 heteroatoms. The second kappa shape index (κ2) is 12.2.